The van der Waals surface area contributed by atoms with Crippen LogP contribution in [-0.2, 0) is 24.3 Å². The Morgan fingerprint density at radius 3 is 2.31 bits per heavy atom. The van der Waals surface area contributed by atoms with Gasteiger partial charge in [-0.1, -0.05) is 48.5 Å². The van der Waals surface area contributed by atoms with E-state index in [0.29, 0.717) is 19.5 Å². The summed E-state index contributed by atoms with van der Waals surface area (Å²) in [5.41, 5.74) is 4.03. The average Bonchev–Trinajstić information content (AvgIpc) is 3.36. The highest BCUT2D eigenvalue weighted by Crippen LogP contribution is 2.32. The first-order valence-corrected chi connectivity index (χ1v) is 11.5. The highest BCUT2D eigenvalue weighted by molar-refractivity contribution is 5.78. The van der Waals surface area contributed by atoms with Crippen molar-refractivity contribution in [1.82, 2.24) is 5.32 Å². The monoisotopic (exact) mass is 466 g/mol. The summed E-state index contributed by atoms with van der Waals surface area (Å²) in [6, 6.07) is 31.4. The Hall–Kier alpha value is -4.45. The van der Waals surface area contributed by atoms with Crippen LogP contribution < -0.4 is 24.8 Å². The van der Waals surface area contributed by atoms with Gasteiger partial charge in [-0.05, 0) is 65.2 Å². The lowest BCUT2D eigenvalue weighted by Gasteiger charge is -2.10. The van der Waals surface area contributed by atoms with Gasteiger partial charge in [0.1, 0.15) is 11.5 Å². The van der Waals surface area contributed by atoms with Gasteiger partial charge >= 0.3 is 0 Å². The molecule has 0 saturated carbocycles. The van der Waals surface area contributed by atoms with Gasteiger partial charge in [-0.25, -0.2) is 0 Å². The second-order valence-electron chi connectivity index (χ2n) is 8.25. The van der Waals surface area contributed by atoms with Gasteiger partial charge in [0, 0.05) is 18.8 Å². The van der Waals surface area contributed by atoms with Gasteiger partial charge in [0.2, 0.25) is 12.7 Å². The van der Waals surface area contributed by atoms with Gasteiger partial charge in [0.15, 0.2) is 11.5 Å². The van der Waals surface area contributed by atoms with Crippen LogP contribution in [0.25, 0.3) is 0 Å². The fourth-order valence-corrected chi connectivity index (χ4v) is 3.79. The third kappa shape index (κ3) is 6.12. The number of carbonyl (C=O) groups is 1. The molecule has 5 rings (SSSR count). The molecule has 4 aromatic carbocycles. The molecule has 0 bridgehead atoms. The Kier molecular flexibility index (Phi) is 6.80. The van der Waals surface area contributed by atoms with Crippen LogP contribution in [0.4, 0.5) is 5.69 Å². The van der Waals surface area contributed by atoms with Crippen molar-refractivity contribution in [2.75, 3.05) is 12.1 Å². The minimum Gasteiger partial charge on any atom is -0.457 e. The fourth-order valence-electron chi connectivity index (χ4n) is 3.79. The Bertz CT molecular complexity index is 1290. The Balaban J connectivity index is 1.09. The van der Waals surface area contributed by atoms with Gasteiger partial charge in [0.25, 0.3) is 0 Å². The van der Waals surface area contributed by atoms with Crippen molar-refractivity contribution in [3.63, 3.8) is 0 Å². The van der Waals surface area contributed by atoms with Crippen LogP contribution in [0, 0.1) is 0 Å². The van der Waals surface area contributed by atoms with E-state index >= 15 is 0 Å². The molecule has 4 aromatic rings. The number of ether oxygens (including phenoxy) is 3. The molecule has 0 aromatic heterocycles. The number of hydrogen-bond donors (Lipinski definition) is 2. The summed E-state index contributed by atoms with van der Waals surface area (Å²) < 4.78 is 16.6. The van der Waals surface area contributed by atoms with Crippen LogP contribution in [0.15, 0.2) is 97.1 Å². The topological polar surface area (TPSA) is 68.8 Å². The van der Waals surface area contributed by atoms with E-state index in [4.69, 9.17) is 14.2 Å². The summed E-state index contributed by atoms with van der Waals surface area (Å²) >= 11 is 0. The van der Waals surface area contributed by atoms with Crippen LogP contribution in [0.5, 0.6) is 23.0 Å². The summed E-state index contributed by atoms with van der Waals surface area (Å²) in [5.74, 6) is 3.04. The summed E-state index contributed by atoms with van der Waals surface area (Å²) in [4.78, 5) is 12.4. The number of nitrogens with one attached hydrogen (secondary N) is 2. The predicted octanol–water partition coefficient (Wildman–Crippen LogP) is 5.68. The van der Waals surface area contributed by atoms with E-state index < -0.39 is 0 Å². The molecule has 1 aliphatic heterocycles. The first-order chi connectivity index (χ1) is 17.2. The largest absolute Gasteiger partial charge is 0.457 e. The van der Waals surface area contributed by atoms with E-state index in [1.165, 1.54) is 0 Å². The van der Waals surface area contributed by atoms with Crippen molar-refractivity contribution in [1.29, 1.82) is 0 Å². The van der Waals surface area contributed by atoms with Crippen molar-refractivity contribution in [2.24, 2.45) is 0 Å². The summed E-state index contributed by atoms with van der Waals surface area (Å²) in [7, 11) is 0. The molecule has 35 heavy (non-hydrogen) atoms. The molecule has 1 aliphatic rings. The number of benzene rings is 4. The zero-order chi connectivity index (χ0) is 23.9. The number of anilines is 1. The van der Waals surface area contributed by atoms with Crippen molar-refractivity contribution in [3.05, 3.63) is 114 Å². The molecule has 2 N–H and O–H groups in total. The Morgan fingerprint density at radius 1 is 0.714 bits per heavy atom. The number of carbonyl (C=O) groups excluding carboxylic acids is 1. The maximum atomic E-state index is 12.4. The Labute approximate surface area is 204 Å². The normalized spacial score (nSPS) is 11.7. The van der Waals surface area contributed by atoms with Gasteiger partial charge < -0.3 is 24.8 Å². The second kappa shape index (κ2) is 10.7. The lowest BCUT2D eigenvalue weighted by Crippen LogP contribution is -2.24. The summed E-state index contributed by atoms with van der Waals surface area (Å²) in [6.07, 6.45) is 0.323. The van der Waals surface area contributed by atoms with Crippen molar-refractivity contribution in [2.45, 2.75) is 19.5 Å². The van der Waals surface area contributed by atoms with Crippen molar-refractivity contribution in [3.8, 4) is 23.0 Å². The highest BCUT2D eigenvalue weighted by atomic mass is 16.7. The van der Waals surface area contributed by atoms with E-state index in [0.717, 1.165) is 45.4 Å². The molecule has 0 fully saturated rings. The maximum Gasteiger partial charge on any atom is 0.231 e. The highest BCUT2D eigenvalue weighted by Gasteiger charge is 2.13. The quantitative estimate of drug-likeness (QED) is 0.332. The van der Waals surface area contributed by atoms with Crippen molar-refractivity contribution < 1.29 is 19.0 Å². The van der Waals surface area contributed by atoms with Crippen molar-refractivity contribution >= 4 is 11.6 Å². The zero-order valence-electron chi connectivity index (χ0n) is 19.2. The van der Waals surface area contributed by atoms with Gasteiger partial charge in [-0.2, -0.15) is 0 Å². The molecule has 0 unspecified atom stereocenters. The molecule has 6 heteroatoms. The van der Waals surface area contributed by atoms with E-state index in [2.05, 4.69) is 16.7 Å². The molecule has 0 saturated heterocycles. The first kappa shape index (κ1) is 22.3. The third-order valence-corrected chi connectivity index (χ3v) is 5.62. The average molecular weight is 467 g/mol. The van der Waals surface area contributed by atoms with Gasteiger partial charge in [-0.3, -0.25) is 4.79 Å². The number of para-hydroxylation sites is 1. The smallest absolute Gasteiger partial charge is 0.231 e. The van der Waals surface area contributed by atoms with Crippen LogP contribution in [0.3, 0.4) is 0 Å². The molecule has 1 amide bonds. The SMILES string of the molecule is O=C(Cc1ccc(NCc2cccc(Oc3ccccc3)c2)cc1)NCc1ccc2c(c1)OCO2. The lowest BCUT2D eigenvalue weighted by molar-refractivity contribution is -0.120. The van der Waals surface area contributed by atoms with Crippen LogP contribution in [-0.4, -0.2) is 12.7 Å². The standard InChI is InChI=1S/C29H26N2O4/c32-29(31-19-23-11-14-27-28(16-23)34-20-33-27)17-21-9-12-24(13-10-21)30-18-22-5-4-8-26(15-22)35-25-6-2-1-3-7-25/h1-16,30H,17-20H2,(H,31,32). The van der Waals surface area contributed by atoms with E-state index in [-0.39, 0.29) is 12.7 Å². The predicted molar refractivity (Wildman–Crippen MR) is 135 cm³/mol. The molecule has 0 radical (unpaired) electrons. The van der Waals surface area contributed by atoms with Crippen LogP contribution >= 0.6 is 0 Å². The minimum atomic E-state index is -0.0291. The van der Waals surface area contributed by atoms with Crippen LogP contribution in [0.1, 0.15) is 16.7 Å². The van der Waals surface area contributed by atoms with E-state index in [1.807, 2.05) is 91.0 Å². The Morgan fingerprint density at radius 2 is 1.46 bits per heavy atom. The molecular weight excluding hydrogens is 440 g/mol. The number of amides is 1. The van der Waals surface area contributed by atoms with Crippen LogP contribution in [0.2, 0.25) is 0 Å². The number of hydrogen-bond acceptors (Lipinski definition) is 5. The molecular formula is C29H26N2O4. The molecule has 0 spiro atoms. The fraction of sp³-hybridized carbons (Fsp3) is 0.138. The summed E-state index contributed by atoms with van der Waals surface area (Å²) in [5, 5.41) is 6.38. The number of fused-ring (bicyclic) bond motifs is 1. The molecule has 0 atom stereocenters. The molecule has 1 heterocycles. The lowest BCUT2D eigenvalue weighted by atomic mass is 10.1. The zero-order valence-corrected chi connectivity index (χ0v) is 19.2. The molecule has 0 aliphatic carbocycles. The van der Waals surface area contributed by atoms with Gasteiger partial charge in [-0.15, -0.1) is 0 Å². The molecule has 6 nitrogen and oxygen atoms in total. The second-order valence-corrected chi connectivity index (χ2v) is 8.25. The third-order valence-electron chi connectivity index (χ3n) is 5.62. The minimum absolute atomic E-state index is 0.0291. The number of rotatable bonds is 9. The maximum absolute atomic E-state index is 12.4. The first-order valence-electron chi connectivity index (χ1n) is 11.5. The summed E-state index contributed by atoms with van der Waals surface area (Å²) in [6.45, 7) is 1.36. The van der Waals surface area contributed by atoms with E-state index in [1.54, 1.807) is 0 Å². The molecule has 176 valence electrons. The van der Waals surface area contributed by atoms with E-state index in [9.17, 15) is 4.79 Å². The van der Waals surface area contributed by atoms with Gasteiger partial charge in [0.05, 0.1) is 6.42 Å².